The van der Waals surface area contributed by atoms with E-state index in [1.807, 2.05) is 13.8 Å². The first-order valence-corrected chi connectivity index (χ1v) is 8.52. The number of rotatable bonds is 6. The van der Waals surface area contributed by atoms with Gasteiger partial charge in [-0.1, -0.05) is 29.3 Å². The average Bonchev–Trinajstić information content (AvgIpc) is 2.99. The minimum absolute atomic E-state index is 0.0884. The number of benzene rings is 1. The molecule has 0 saturated carbocycles. The lowest BCUT2D eigenvalue weighted by atomic mass is 10.1. The number of aromatic nitrogens is 2. The van der Waals surface area contributed by atoms with Crippen LogP contribution in [0.25, 0.3) is 0 Å². The Balaban J connectivity index is 1.96. The van der Waals surface area contributed by atoms with Gasteiger partial charge in [-0.15, -0.1) is 0 Å². The highest BCUT2D eigenvalue weighted by Gasteiger charge is 2.21. The van der Waals surface area contributed by atoms with Crippen LogP contribution in [0.5, 0.6) is 0 Å². The first-order chi connectivity index (χ1) is 11.8. The number of anilines is 1. The van der Waals surface area contributed by atoms with Crippen LogP contribution in [0.2, 0.25) is 10.0 Å². The van der Waals surface area contributed by atoms with Crippen LogP contribution in [0.1, 0.15) is 32.4 Å². The van der Waals surface area contributed by atoms with Gasteiger partial charge in [-0.2, -0.15) is 5.10 Å². The molecule has 0 aliphatic rings. The normalized spacial score (nSPS) is 12.1. The maximum atomic E-state index is 12.2. The average molecular weight is 384 g/mol. The Morgan fingerprint density at radius 2 is 1.84 bits per heavy atom. The lowest BCUT2D eigenvalue weighted by Crippen LogP contribution is -2.31. The molecule has 0 aliphatic carbocycles. The van der Waals surface area contributed by atoms with Gasteiger partial charge in [0.1, 0.15) is 5.82 Å². The van der Waals surface area contributed by atoms with Gasteiger partial charge in [0.05, 0.1) is 12.6 Å². The van der Waals surface area contributed by atoms with Gasteiger partial charge in [0, 0.05) is 27.7 Å². The van der Waals surface area contributed by atoms with E-state index in [4.69, 9.17) is 27.9 Å². The molecule has 1 N–H and O–H groups in total. The molecule has 0 bridgehead atoms. The third-order valence-corrected chi connectivity index (χ3v) is 4.18. The molecule has 1 aromatic heterocycles. The Morgan fingerprint density at radius 1 is 1.20 bits per heavy atom. The largest absolute Gasteiger partial charge is 0.452 e. The maximum absolute atomic E-state index is 12.2. The molecule has 1 amide bonds. The van der Waals surface area contributed by atoms with Crippen molar-refractivity contribution >= 4 is 40.9 Å². The molecule has 0 aliphatic heterocycles. The number of nitrogens with zero attached hydrogens (tertiary/aromatic N) is 2. The fraction of sp³-hybridized carbons (Fsp3) is 0.353. The van der Waals surface area contributed by atoms with E-state index in [2.05, 4.69) is 10.4 Å². The number of carbonyl (C=O) groups excluding carboxylic acids is 2. The first-order valence-electron chi connectivity index (χ1n) is 7.76. The fourth-order valence-electron chi connectivity index (χ4n) is 2.19. The number of amides is 1. The zero-order chi connectivity index (χ0) is 18.6. The van der Waals surface area contributed by atoms with Crippen molar-refractivity contribution in [3.8, 4) is 0 Å². The summed E-state index contributed by atoms with van der Waals surface area (Å²) < 4.78 is 6.84. The highest BCUT2D eigenvalue weighted by atomic mass is 35.5. The van der Waals surface area contributed by atoms with E-state index in [9.17, 15) is 9.59 Å². The van der Waals surface area contributed by atoms with E-state index in [0.29, 0.717) is 21.4 Å². The van der Waals surface area contributed by atoms with Crippen LogP contribution in [0.15, 0.2) is 30.5 Å². The summed E-state index contributed by atoms with van der Waals surface area (Å²) in [5, 5.41) is 7.58. The van der Waals surface area contributed by atoms with Crippen molar-refractivity contribution in [1.29, 1.82) is 0 Å². The van der Waals surface area contributed by atoms with E-state index in [0.717, 1.165) is 0 Å². The summed E-state index contributed by atoms with van der Waals surface area (Å²) in [6.45, 7) is 5.39. The van der Waals surface area contributed by atoms with Gasteiger partial charge >= 0.3 is 5.97 Å². The topological polar surface area (TPSA) is 73.2 Å². The summed E-state index contributed by atoms with van der Waals surface area (Å²) in [7, 11) is 0. The summed E-state index contributed by atoms with van der Waals surface area (Å²) in [5.74, 6) is -0.493. The van der Waals surface area contributed by atoms with Gasteiger partial charge in [-0.3, -0.25) is 9.59 Å². The molecule has 0 fully saturated rings. The molecule has 8 heteroatoms. The van der Waals surface area contributed by atoms with Crippen molar-refractivity contribution in [1.82, 2.24) is 9.78 Å². The molecule has 0 saturated heterocycles. The maximum Gasteiger partial charge on any atom is 0.311 e. The number of esters is 1. The molecule has 1 atom stereocenters. The van der Waals surface area contributed by atoms with E-state index >= 15 is 0 Å². The predicted octanol–water partition coefficient (Wildman–Crippen LogP) is 3.88. The quantitative estimate of drug-likeness (QED) is 0.767. The number of hydrogen-bond donors (Lipinski definition) is 1. The highest BCUT2D eigenvalue weighted by molar-refractivity contribution is 6.36. The molecule has 25 heavy (non-hydrogen) atoms. The Kier molecular flexibility index (Phi) is 6.45. The molecule has 2 aromatic rings. The molecule has 0 unspecified atom stereocenters. The number of ether oxygens (including phenoxy) is 1. The molecular weight excluding hydrogens is 365 g/mol. The summed E-state index contributed by atoms with van der Waals surface area (Å²) in [6.07, 6.45) is 0.510. The van der Waals surface area contributed by atoms with Crippen LogP contribution < -0.4 is 5.32 Å². The summed E-state index contributed by atoms with van der Waals surface area (Å²) in [4.78, 5) is 24.3. The van der Waals surface area contributed by atoms with Crippen molar-refractivity contribution in [2.24, 2.45) is 0 Å². The van der Waals surface area contributed by atoms with Crippen LogP contribution in [0.3, 0.4) is 0 Å². The van der Waals surface area contributed by atoms with Crippen LogP contribution in [0.4, 0.5) is 5.82 Å². The van der Waals surface area contributed by atoms with Gasteiger partial charge in [-0.25, -0.2) is 4.68 Å². The van der Waals surface area contributed by atoms with Gasteiger partial charge in [0.15, 0.2) is 6.10 Å². The lowest BCUT2D eigenvalue weighted by Gasteiger charge is -2.16. The molecule has 1 heterocycles. The third kappa shape index (κ3) is 4.96. The summed E-state index contributed by atoms with van der Waals surface area (Å²) in [6, 6.07) is 6.73. The second-order valence-electron chi connectivity index (χ2n) is 5.75. The van der Waals surface area contributed by atoms with E-state index in [-0.39, 0.29) is 12.5 Å². The van der Waals surface area contributed by atoms with Crippen molar-refractivity contribution in [3.63, 3.8) is 0 Å². The first kappa shape index (κ1) is 19.3. The number of carbonyl (C=O) groups is 2. The van der Waals surface area contributed by atoms with E-state index in [1.165, 1.54) is 6.92 Å². The predicted molar refractivity (Wildman–Crippen MR) is 97.0 cm³/mol. The van der Waals surface area contributed by atoms with Crippen molar-refractivity contribution in [3.05, 3.63) is 46.1 Å². The number of halogens is 2. The SMILES string of the molecule is CC(C)n1nccc1NC(=O)[C@@H](C)OC(=O)Cc1c(Cl)cccc1Cl. The minimum atomic E-state index is -0.968. The Morgan fingerprint density at radius 3 is 2.44 bits per heavy atom. The molecule has 1 aromatic carbocycles. The van der Waals surface area contributed by atoms with Gasteiger partial charge < -0.3 is 10.1 Å². The fourth-order valence-corrected chi connectivity index (χ4v) is 2.72. The van der Waals surface area contributed by atoms with Crippen molar-refractivity contribution in [2.45, 2.75) is 39.3 Å². The Hall–Kier alpha value is -2.05. The monoisotopic (exact) mass is 383 g/mol. The van der Waals surface area contributed by atoms with Gasteiger partial charge in [0.2, 0.25) is 0 Å². The van der Waals surface area contributed by atoms with Gasteiger partial charge in [0.25, 0.3) is 5.91 Å². The Labute approximate surface area is 156 Å². The Bertz CT molecular complexity index is 754. The third-order valence-electron chi connectivity index (χ3n) is 3.47. The molecule has 0 radical (unpaired) electrons. The van der Waals surface area contributed by atoms with Crippen LogP contribution in [-0.4, -0.2) is 27.8 Å². The lowest BCUT2D eigenvalue weighted by molar-refractivity contribution is -0.152. The number of hydrogen-bond acceptors (Lipinski definition) is 4. The molecule has 6 nitrogen and oxygen atoms in total. The summed E-state index contributed by atoms with van der Waals surface area (Å²) in [5.41, 5.74) is 0.473. The molecule has 0 spiro atoms. The zero-order valence-corrected chi connectivity index (χ0v) is 15.6. The van der Waals surface area contributed by atoms with E-state index < -0.39 is 18.0 Å². The minimum Gasteiger partial charge on any atom is -0.452 e. The smallest absolute Gasteiger partial charge is 0.311 e. The van der Waals surface area contributed by atoms with E-state index in [1.54, 1.807) is 35.1 Å². The van der Waals surface area contributed by atoms with Crippen LogP contribution >= 0.6 is 23.2 Å². The van der Waals surface area contributed by atoms with Gasteiger partial charge in [-0.05, 0) is 32.9 Å². The highest BCUT2D eigenvalue weighted by Crippen LogP contribution is 2.25. The van der Waals surface area contributed by atoms with Crippen LogP contribution in [0, 0.1) is 0 Å². The summed E-state index contributed by atoms with van der Waals surface area (Å²) >= 11 is 12.1. The second kappa shape index (κ2) is 8.36. The van der Waals surface area contributed by atoms with Crippen molar-refractivity contribution in [2.75, 3.05) is 5.32 Å². The second-order valence-corrected chi connectivity index (χ2v) is 6.57. The zero-order valence-electron chi connectivity index (χ0n) is 14.1. The molecule has 134 valence electrons. The van der Waals surface area contributed by atoms with Crippen molar-refractivity contribution < 1.29 is 14.3 Å². The van der Waals surface area contributed by atoms with Crippen LogP contribution in [-0.2, 0) is 20.7 Å². The standard InChI is InChI=1S/C17H19Cl2N3O3/c1-10(2)22-15(7-8-20-22)21-17(24)11(3)25-16(23)9-12-13(18)5-4-6-14(12)19/h4-8,10-11H,9H2,1-3H3,(H,21,24)/t11-/m1/s1. The number of nitrogens with one attached hydrogen (secondary N) is 1. The molecular formula is C17H19Cl2N3O3. The molecule has 2 rings (SSSR count).